The van der Waals surface area contributed by atoms with E-state index in [0.717, 1.165) is 11.3 Å². The van der Waals surface area contributed by atoms with Crippen LogP contribution in [0.1, 0.15) is 44.8 Å². The number of piperidine rings is 1. The van der Waals surface area contributed by atoms with Gasteiger partial charge in [0.2, 0.25) is 0 Å². The van der Waals surface area contributed by atoms with E-state index >= 15 is 0 Å². The van der Waals surface area contributed by atoms with Crippen molar-refractivity contribution in [3.8, 4) is 5.75 Å². The molecule has 3 aromatic rings. The summed E-state index contributed by atoms with van der Waals surface area (Å²) in [5, 5.41) is 2.88. The molecule has 0 bridgehead atoms. The van der Waals surface area contributed by atoms with Gasteiger partial charge in [0.1, 0.15) is 18.2 Å². The Bertz CT molecular complexity index is 1130. The van der Waals surface area contributed by atoms with Crippen molar-refractivity contribution in [2.45, 2.75) is 32.4 Å². The van der Waals surface area contributed by atoms with Gasteiger partial charge in [0.15, 0.2) is 0 Å². The van der Waals surface area contributed by atoms with Crippen LogP contribution in [-0.2, 0) is 6.61 Å². The molecular formula is C26H26FN3O3. The van der Waals surface area contributed by atoms with E-state index in [-0.39, 0.29) is 17.5 Å². The maximum absolute atomic E-state index is 13.8. The molecule has 0 atom stereocenters. The molecule has 0 radical (unpaired) electrons. The summed E-state index contributed by atoms with van der Waals surface area (Å²) in [6.45, 7) is 3.31. The number of likely N-dealkylation sites (tertiary alicyclic amines) is 1. The molecule has 1 aliphatic heterocycles. The number of aryl methyl sites for hydroxylation is 1. The predicted octanol–water partition coefficient (Wildman–Crippen LogP) is 4.14. The normalized spacial score (nSPS) is 14.1. The van der Waals surface area contributed by atoms with Crippen molar-refractivity contribution in [1.29, 1.82) is 0 Å². The van der Waals surface area contributed by atoms with Gasteiger partial charge >= 0.3 is 0 Å². The van der Waals surface area contributed by atoms with Gasteiger partial charge in [0.05, 0.1) is 11.8 Å². The lowest BCUT2D eigenvalue weighted by Gasteiger charge is -2.32. The molecule has 0 aliphatic carbocycles. The highest BCUT2D eigenvalue weighted by molar-refractivity contribution is 5.95. The Balaban J connectivity index is 1.30. The van der Waals surface area contributed by atoms with Crippen LogP contribution in [-0.4, -0.2) is 40.8 Å². The minimum absolute atomic E-state index is 0.0384. The lowest BCUT2D eigenvalue weighted by Crippen LogP contribution is -2.46. The summed E-state index contributed by atoms with van der Waals surface area (Å²) < 4.78 is 19.6. The van der Waals surface area contributed by atoms with Crippen LogP contribution in [0.2, 0.25) is 0 Å². The van der Waals surface area contributed by atoms with Crippen molar-refractivity contribution in [3.05, 3.63) is 95.1 Å². The number of hydrogen-bond donors (Lipinski definition) is 1. The summed E-state index contributed by atoms with van der Waals surface area (Å²) in [7, 11) is 0. The van der Waals surface area contributed by atoms with Crippen molar-refractivity contribution in [1.82, 2.24) is 15.2 Å². The Hall–Kier alpha value is -3.74. The van der Waals surface area contributed by atoms with E-state index in [1.807, 2.05) is 37.3 Å². The van der Waals surface area contributed by atoms with Crippen molar-refractivity contribution in [2.24, 2.45) is 0 Å². The molecule has 4 rings (SSSR count). The molecule has 0 spiro atoms. The maximum Gasteiger partial charge on any atom is 0.254 e. The summed E-state index contributed by atoms with van der Waals surface area (Å²) in [5.74, 6) is -0.330. The van der Waals surface area contributed by atoms with E-state index in [4.69, 9.17) is 4.74 Å². The van der Waals surface area contributed by atoms with Crippen molar-refractivity contribution in [2.75, 3.05) is 13.1 Å². The van der Waals surface area contributed by atoms with Crippen molar-refractivity contribution in [3.63, 3.8) is 0 Å². The Morgan fingerprint density at radius 3 is 2.61 bits per heavy atom. The molecular weight excluding hydrogens is 421 g/mol. The first-order chi connectivity index (χ1) is 16.0. The van der Waals surface area contributed by atoms with Crippen LogP contribution >= 0.6 is 0 Å². The van der Waals surface area contributed by atoms with Crippen molar-refractivity contribution >= 4 is 11.8 Å². The van der Waals surface area contributed by atoms with Crippen LogP contribution in [0.25, 0.3) is 0 Å². The third-order valence-corrected chi connectivity index (χ3v) is 5.70. The summed E-state index contributed by atoms with van der Waals surface area (Å²) >= 11 is 0. The fourth-order valence-corrected chi connectivity index (χ4v) is 3.82. The highest BCUT2D eigenvalue weighted by Gasteiger charge is 2.25. The van der Waals surface area contributed by atoms with Crippen LogP contribution in [0.3, 0.4) is 0 Å². The molecule has 6 nitrogen and oxygen atoms in total. The van der Waals surface area contributed by atoms with E-state index in [1.54, 1.807) is 29.3 Å². The van der Waals surface area contributed by atoms with Gasteiger partial charge in [-0.1, -0.05) is 24.3 Å². The van der Waals surface area contributed by atoms with E-state index < -0.39 is 11.7 Å². The van der Waals surface area contributed by atoms with Crippen LogP contribution in [0.4, 0.5) is 4.39 Å². The fourth-order valence-electron chi connectivity index (χ4n) is 3.82. The van der Waals surface area contributed by atoms with Crippen LogP contribution in [0, 0.1) is 12.7 Å². The lowest BCUT2D eigenvalue weighted by molar-refractivity contribution is 0.0697. The zero-order valence-electron chi connectivity index (χ0n) is 18.5. The monoisotopic (exact) mass is 447 g/mol. The Labute approximate surface area is 192 Å². The molecule has 0 saturated carbocycles. The molecule has 2 aromatic carbocycles. The number of hydrogen-bond acceptors (Lipinski definition) is 4. The number of carbonyl (C=O) groups is 2. The number of carbonyl (C=O) groups excluding carboxylic acids is 2. The molecule has 2 heterocycles. The summed E-state index contributed by atoms with van der Waals surface area (Å²) in [6, 6.07) is 17.0. The zero-order valence-corrected chi connectivity index (χ0v) is 18.5. The van der Waals surface area contributed by atoms with Gasteiger partial charge < -0.3 is 15.0 Å². The third kappa shape index (κ3) is 5.74. The zero-order chi connectivity index (χ0) is 23.2. The number of nitrogens with one attached hydrogen (secondary N) is 1. The topological polar surface area (TPSA) is 71.5 Å². The van der Waals surface area contributed by atoms with Gasteiger partial charge in [0, 0.05) is 30.4 Å². The number of ether oxygens (including phenoxy) is 1. The van der Waals surface area contributed by atoms with Gasteiger partial charge in [-0.15, -0.1) is 0 Å². The van der Waals surface area contributed by atoms with Gasteiger partial charge in [0.25, 0.3) is 11.8 Å². The molecule has 1 saturated heterocycles. The quantitative estimate of drug-likeness (QED) is 0.617. The van der Waals surface area contributed by atoms with E-state index in [0.29, 0.717) is 43.9 Å². The summed E-state index contributed by atoms with van der Waals surface area (Å²) in [6.07, 6.45) is 2.92. The fraction of sp³-hybridized carbons (Fsp3) is 0.269. The molecule has 33 heavy (non-hydrogen) atoms. The summed E-state index contributed by atoms with van der Waals surface area (Å²) in [5.41, 5.74) is 2.46. The van der Waals surface area contributed by atoms with E-state index in [9.17, 15) is 14.0 Å². The second-order valence-corrected chi connectivity index (χ2v) is 8.14. The largest absolute Gasteiger partial charge is 0.487 e. The van der Waals surface area contributed by atoms with Gasteiger partial charge in [-0.25, -0.2) is 4.39 Å². The minimum Gasteiger partial charge on any atom is -0.487 e. The van der Waals surface area contributed by atoms with Gasteiger partial charge in [-0.3, -0.25) is 14.6 Å². The molecule has 7 heteroatoms. The number of amides is 2. The highest BCUT2D eigenvalue weighted by Crippen LogP contribution is 2.17. The van der Waals surface area contributed by atoms with Crippen LogP contribution in [0.15, 0.2) is 66.9 Å². The minimum atomic E-state index is -0.537. The van der Waals surface area contributed by atoms with Gasteiger partial charge in [-0.05, 0) is 61.7 Å². The number of nitrogens with zero attached hydrogens (tertiary/aromatic N) is 2. The van der Waals surface area contributed by atoms with Gasteiger partial charge in [-0.2, -0.15) is 0 Å². The summed E-state index contributed by atoms with van der Waals surface area (Å²) in [4.78, 5) is 31.3. The molecule has 1 N–H and O–H groups in total. The molecule has 1 aliphatic rings. The number of aromatic nitrogens is 1. The third-order valence-electron chi connectivity index (χ3n) is 5.70. The molecule has 1 fully saturated rings. The number of pyridine rings is 1. The van der Waals surface area contributed by atoms with E-state index in [1.165, 1.54) is 12.1 Å². The standard InChI is InChI=1S/C26H26FN3O3/c1-18-9-10-22(16-28-18)33-17-19-5-4-6-20(15-19)26(32)30-13-11-21(12-14-30)29-25(31)23-7-2-3-8-24(23)27/h2-10,15-16,21H,11-14,17H2,1H3,(H,29,31). The first-order valence-corrected chi connectivity index (χ1v) is 11.0. The Morgan fingerprint density at radius 2 is 1.88 bits per heavy atom. The smallest absolute Gasteiger partial charge is 0.254 e. The molecule has 1 aromatic heterocycles. The molecule has 0 unspecified atom stereocenters. The Kier molecular flexibility index (Phi) is 6.98. The second-order valence-electron chi connectivity index (χ2n) is 8.14. The number of benzene rings is 2. The van der Waals surface area contributed by atoms with Crippen LogP contribution in [0.5, 0.6) is 5.75 Å². The first kappa shape index (κ1) is 22.5. The molecule has 170 valence electrons. The number of rotatable bonds is 6. The lowest BCUT2D eigenvalue weighted by atomic mass is 10.0. The maximum atomic E-state index is 13.8. The van der Waals surface area contributed by atoms with Crippen molar-refractivity contribution < 1.29 is 18.7 Å². The average molecular weight is 448 g/mol. The SMILES string of the molecule is Cc1ccc(OCc2cccc(C(=O)N3CCC(NC(=O)c4ccccc4F)CC3)c2)cn1. The predicted molar refractivity (Wildman–Crippen MR) is 123 cm³/mol. The van der Waals surface area contributed by atoms with E-state index in [2.05, 4.69) is 10.3 Å². The first-order valence-electron chi connectivity index (χ1n) is 11.0. The van der Waals surface area contributed by atoms with Crippen LogP contribution < -0.4 is 10.1 Å². The Morgan fingerprint density at radius 1 is 1.09 bits per heavy atom. The highest BCUT2D eigenvalue weighted by atomic mass is 19.1. The number of halogens is 1. The average Bonchev–Trinajstić information content (AvgIpc) is 2.84. The second kappa shape index (κ2) is 10.3. The molecule has 2 amide bonds.